The number of rotatable bonds is 3. The Balaban J connectivity index is 3.07. The number of nitro groups is 1. The molecule has 9 heteroatoms. The van der Waals surface area contributed by atoms with Crippen LogP contribution in [-0.4, -0.2) is 11.3 Å². The van der Waals surface area contributed by atoms with Gasteiger partial charge in [0.1, 0.15) is 11.4 Å². The average Bonchev–Trinajstić information content (AvgIpc) is 2.15. The van der Waals surface area contributed by atoms with E-state index in [2.05, 4.69) is 4.74 Å². The molecular weight excluding hydrogens is 253 g/mol. The number of hydrogen-bond acceptors (Lipinski definition) is 4. The van der Waals surface area contributed by atoms with Crippen molar-refractivity contribution >= 4 is 23.2 Å². The van der Waals surface area contributed by atoms with Crippen molar-refractivity contribution in [2.45, 2.75) is 6.36 Å². The summed E-state index contributed by atoms with van der Waals surface area (Å²) in [6.07, 6.45) is -4.90. The first-order valence-electron chi connectivity index (χ1n) is 3.74. The summed E-state index contributed by atoms with van der Waals surface area (Å²) in [5.74, 6) is -0.685. The molecule has 0 amide bonds. The first kappa shape index (κ1) is 12.4. The van der Waals surface area contributed by atoms with Crippen LogP contribution in [0.3, 0.4) is 0 Å². The lowest BCUT2D eigenvalue weighted by Crippen LogP contribution is -2.17. The van der Waals surface area contributed by atoms with Crippen molar-refractivity contribution in [3.05, 3.63) is 28.3 Å². The van der Waals surface area contributed by atoms with Crippen LogP contribution in [0, 0.1) is 10.1 Å². The summed E-state index contributed by atoms with van der Waals surface area (Å²) in [7, 11) is 0. The molecule has 1 aromatic rings. The summed E-state index contributed by atoms with van der Waals surface area (Å²) in [5, 5.41) is 10.5. The van der Waals surface area contributed by atoms with Crippen molar-refractivity contribution in [1.82, 2.24) is 0 Å². The predicted molar refractivity (Wildman–Crippen MR) is 49.3 cm³/mol. The quantitative estimate of drug-likeness (QED) is 0.513. The zero-order valence-electron chi connectivity index (χ0n) is 7.42. The minimum absolute atomic E-state index is 0.124. The molecule has 0 aliphatic rings. The fourth-order valence-electron chi connectivity index (χ4n) is 0.940. The molecule has 0 aliphatic carbocycles. The number of nitro benzene ring substituents is 1. The predicted octanol–water partition coefficient (Wildman–Crippen LogP) is 3.06. The third kappa shape index (κ3) is 3.16. The zero-order chi connectivity index (χ0) is 12.3. The van der Waals surface area contributed by atoms with Crippen LogP contribution in [-0.2, 0) is 0 Å². The number of alkyl halides is 3. The van der Waals surface area contributed by atoms with Gasteiger partial charge in [0, 0.05) is 11.8 Å². The summed E-state index contributed by atoms with van der Waals surface area (Å²) >= 11 is 5.14. The lowest BCUT2D eigenvalue weighted by molar-refractivity contribution is -0.384. The zero-order valence-corrected chi connectivity index (χ0v) is 8.17. The lowest BCUT2D eigenvalue weighted by atomic mass is 10.2. The van der Waals surface area contributed by atoms with E-state index in [1.54, 1.807) is 0 Å². The fourth-order valence-corrected chi connectivity index (χ4v) is 1.10. The Morgan fingerprint density at radius 2 is 2.06 bits per heavy atom. The van der Waals surface area contributed by atoms with E-state index in [0.29, 0.717) is 6.07 Å². The first-order chi connectivity index (χ1) is 7.33. The van der Waals surface area contributed by atoms with Gasteiger partial charge in [-0.1, -0.05) is 0 Å². The van der Waals surface area contributed by atoms with Gasteiger partial charge in [-0.15, -0.1) is 13.2 Å². The molecule has 1 rings (SSSR count). The molecule has 0 radical (unpaired) electrons. The maximum absolute atomic E-state index is 11.8. The largest absolute Gasteiger partial charge is 0.573 e. The van der Waals surface area contributed by atoms with Gasteiger partial charge in [-0.3, -0.25) is 15.0 Å². The Labute approximate surface area is 92.0 Å². The van der Waals surface area contributed by atoms with Crippen molar-refractivity contribution in [2.24, 2.45) is 0 Å². The normalized spacial score (nSPS) is 11.0. The lowest BCUT2D eigenvalue weighted by Gasteiger charge is -2.09. The molecule has 0 spiro atoms. The van der Waals surface area contributed by atoms with Crippen LogP contribution in [0.2, 0.25) is 0 Å². The second-order valence-electron chi connectivity index (χ2n) is 2.58. The Bertz CT molecular complexity index is 410. The maximum Gasteiger partial charge on any atom is 0.573 e. The van der Waals surface area contributed by atoms with Gasteiger partial charge in [0.05, 0.1) is 11.0 Å². The molecule has 0 fully saturated rings. The van der Waals surface area contributed by atoms with Gasteiger partial charge in [-0.2, -0.15) is 0 Å². The van der Waals surface area contributed by atoms with Crippen LogP contribution in [0.15, 0.2) is 18.2 Å². The van der Waals surface area contributed by atoms with Gasteiger partial charge in [0.2, 0.25) is 0 Å². The number of ether oxygens (including phenoxy) is 1. The number of anilines is 1. The standard InChI is InChI=1S/C7H4ClF3N2O3/c8-12-5-2-1-4(16-7(9,10)11)3-6(5)13(14)15/h1-3,12H. The van der Waals surface area contributed by atoms with Crippen LogP contribution >= 0.6 is 11.8 Å². The molecule has 0 saturated heterocycles. The SMILES string of the molecule is O=[N+]([O-])c1cc(OC(F)(F)F)ccc1NCl. The highest BCUT2D eigenvalue weighted by Crippen LogP contribution is 2.32. The van der Waals surface area contributed by atoms with Crippen molar-refractivity contribution in [3.8, 4) is 5.75 Å². The van der Waals surface area contributed by atoms with Crippen molar-refractivity contribution in [2.75, 3.05) is 4.84 Å². The highest BCUT2D eigenvalue weighted by atomic mass is 35.5. The van der Waals surface area contributed by atoms with Gasteiger partial charge < -0.3 is 4.74 Å². The molecule has 1 aromatic carbocycles. The van der Waals surface area contributed by atoms with Gasteiger partial charge in [-0.05, 0) is 12.1 Å². The Kier molecular flexibility index (Phi) is 3.43. The molecule has 0 atom stereocenters. The van der Waals surface area contributed by atoms with E-state index >= 15 is 0 Å². The van der Waals surface area contributed by atoms with Crippen LogP contribution in [0.5, 0.6) is 5.75 Å². The second-order valence-corrected chi connectivity index (χ2v) is 2.77. The molecule has 1 N–H and O–H groups in total. The summed E-state index contributed by atoms with van der Waals surface area (Å²) in [4.78, 5) is 11.5. The molecule has 16 heavy (non-hydrogen) atoms. The Morgan fingerprint density at radius 1 is 1.44 bits per heavy atom. The van der Waals surface area contributed by atoms with E-state index in [-0.39, 0.29) is 5.69 Å². The fraction of sp³-hybridized carbons (Fsp3) is 0.143. The van der Waals surface area contributed by atoms with Crippen LogP contribution < -0.4 is 9.57 Å². The first-order valence-corrected chi connectivity index (χ1v) is 4.12. The summed E-state index contributed by atoms with van der Waals surface area (Å²) < 4.78 is 39.0. The number of hydrogen-bond donors (Lipinski definition) is 1. The second kappa shape index (κ2) is 4.44. The monoisotopic (exact) mass is 256 g/mol. The minimum Gasteiger partial charge on any atom is -0.406 e. The smallest absolute Gasteiger partial charge is 0.406 e. The topological polar surface area (TPSA) is 64.4 Å². The number of nitrogens with one attached hydrogen (secondary N) is 1. The van der Waals surface area contributed by atoms with Crippen molar-refractivity contribution in [1.29, 1.82) is 0 Å². The maximum atomic E-state index is 11.8. The third-order valence-corrected chi connectivity index (χ3v) is 1.70. The molecule has 88 valence electrons. The highest BCUT2D eigenvalue weighted by molar-refractivity contribution is 6.24. The van der Waals surface area contributed by atoms with E-state index in [9.17, 15) is 23.3 Å². The third-order valence-electron chi connectivity index (χ3n) is 1.50. The van der Waals surface area contributed by atoms with Crippen molar-refractivity contribution in [3.63, 3.8) is 0 Å². The summed E-state index contributed by atoms with van der Waals surface area (Å²) in [6, 6.07) is 2.54. The van der Waals surface area contributed by atoms with Crippen LogP contribution in [0.4, 0.5) is 24.5 Å². The van der Waals surface area contributed by atoms with Crippen molar-refractivity contribution < 1.29 is 22.8 Å². The molecule has 0 aliphatic heterocycles. The van der Waals surface area contributed by atoms with E-state index in [1.165, 1.54) is 0 Å². The highest BCUT2D eigenvalue weighted by Gasteiger charge is 2.32. The van der Waals surface area contributed by atoms with Gasteiger partial charge in [-0.25, -0.2) is 0 Å². The van der Waals surface area contributed by atoms with Gasteiger partial charge in [0.25, 0.3) is 5.69 Å². The number of halogens is 4. The van der Waals surface area contributed by atoms with E-state index in [4.69, 9.17) is 11.8 Å². The number of benzene rings is 1. The Morgan fingerprint density at radius 3 is 2.50 bits per heavy atom. The van der Waals surface area contributed by atoms with E-state index < -0.39 is 22.7 Å². The summed E-state index contributed by atoms with van der Waals surface area (Å²) in [6.45, 7) is 0. The molecule has 0 unspecified atom stereocenters. The van der Waals surface area contributed by atoms with Crippen LogP contribution in [0.1, 0.15) is 0 Å². The molecule has 5 nitrogen and oxygen atoms in total. The van der Waals surface area contributed by atoms with E-state index in [1.807, 2.05) is 4.84 Å². The molecular formula is C7H4ClF3N2O3. The molecule has 0 aromatic heterocycles. The van der Waals surface area contributed by atoms with E-state index in [0.717, 1.165) is 12.1 Å². The minimum atomic E-state index is -4.90. The molecule has 0 heterocycles. The Hall–Kier alpha value is -1.70. The summed E-state index contributed by atoms with van der Waals surface area (Å²) in [5.41, 5.74) is -0.738. The molecule has 0 saturated carbocycles. The number of nitrogens with zero attached hydrogens (tertiary/aromatic N) is 1. The van der Waals surface area contributed by atoms with Gasteiger partial charge in [0.15, 0.2) is 0 Å². The van der Waals surface area contributed by atoms with Gasteiger partial charge >= 0.3 is 6.36 Å². The van der Waals surface area contributed by atoms with Crippen LogP contribution in [0.25, 0.3) is 0 Å². The average molecular weight is 257 g/mol. The molecule has 0 bridgehead atoms.